The molecule has 0 radical (unpaired) electrons. The van der Waals surface area contributed by atoms with Gasteiger partial charge in [0.25, 0.3) is 0 Å². The number of aromatic nitrogens is 2. The Hall–Kier alpha value is -1.61. The summed E-state index contributed by atoms with van der Waals surface area (Å²) in [6.45, 7) is 1.97. The van der Waals surface area contributed by atoms with Gasteiger partial charge < -0.3 is 5.11 Å². The van der Waals surface area contributed by atoms with Crippen LogP contribution in [0.4, 0.5) is 0 Å². The number of fused-ring (bicyclic) bond motifs is 1. The maximum absolute atomic E-state index is 10.4. The topological polar surface area (TPSA) is 38.0 Å². The maximum Gasteiger partial charge on any atom is 0.102 e. The molecule has 0 aliphatic heterocycles. The number of hydrogen-bond acceptors (Lipinski definition) is 2. The molecule has 0 saturated heterocycles. The molecular formula is C14H16N2O. The Kier molecular flexibility index (Phi) is 2.48. The van der Waals surface area contributed by atoms with Crippen molar-refractivity contribution in [3.05, 3.63) is 53.3 Å². The van der Waals surface area contributed by atoms with Crippen molar-refractivity contribution in [3.8, 4) is 0 Å². The molecule has 1 aliphatic carbocycles. The molecule has 0 spiro atoms. The molecule has 3 heteroatoms. The van der Waals surface area contributed by atoms with Gasteiger partial charge in [-0.15, -0.1) is 0 Å². The minimum atomic E-state index is -0.445. The summed E-state index contributed by atoms with van der Waals surface area (Å²) in [7, 11) is 0. The molecule has 1 aromatic carbocycles. The summed E-state index contributed by atoms with van der Waals surface area (Å²) in [5, 5.41) is 14.8. The highest BCUT2D eigenvalue weighted by Gasteiger charge is 2.29. The molecule has 3 rings (SSSR count). The summed E-state index contributed by atoms with van der Waals surface area (Å²) in [6.07, 6.45) is 3.46. The highest BCUT2D eigenvalue weighted by molar-refractivity contribution is 5.32. The molecule has 2 aromatic rings. The normalized spacial score (nSPS) is 23.4. The number of aliphatic hydroxyl groups excluding tert-OH is 1. The molecule has 1 aromatic heterocycles. The number of aryl methyl sites for hydroxylation is 2. The summed E-state index contributed by atoms with van der Waals surface area (Å²) >= 11 is 0. The third-order valence-electron chi connectivity index (χ3n) is 3.53. The SMILES string of the molecule is Cc1ccn(C2CCc3ccccc3C2O)n1. The molecule has 1 N–H and O–H groups in total. The van der Waals surface area contributed by atoms with Crippen LogP contribution >= 0.6 is 0 Å². The van der Waals surface area contributed by atoms with Crippen molar-refractivity contribution in [2.75, 3.05) is 0 Å². The van der Waals surface area contributed by atoms with Crippen molar-refractivity contribution < 1.29 is 5.11 Å². The molecule has 1 aliphatic rings. The Morgan fingerprint density at radius 3 is 2.88 bits per heavy atom. The van der Waals surface area contributed by atoms with Crippen LogP contribution in [0.25, 0.3) is 0 Å². The standard InChI is InChI=1S/C14H16N2O/c1-10-8-9-16(15-10)13-7-6-11-4-2-3-5-12(11)14(13)17/h2-5,8-9,13-14,17H,6-7H2,1H3. The Labute approximate surface area is 101 Å². The van der Waals surface area contributed by atoms with E-state index in [1.54, 1.807) is 0 Å². The molecule has 0 amide bonds. The molecule has 0 fully saturated rings. The second-order valence-corrected chi connectivity index (χ2v) is 4.69. The predicted molar refractivity (Wildman–Crippen MR) is 65.7 cm³/mol. The summed E-state index contributed by atoms with van der Waals surface area (Å²) in [5.41, 5.74) is 3.31. The van der Waals surface area contributed by atoms with E-state index in [9.17, 15) is 5.11 Å². The van der Waals surface area contributed by atoms with E-state index >= 15 is 0 Å². The number of aliphatic hydroxyl groups is 1. The number of hydrogen-bond donors (Lipinski definition) is 1. The van der Waals surface area contributed by atoms with Crippen molar-refractivity contribution in [3.63, 3.8) is 0 Å². The lowest BCUT2D eigenvalue weighted by molar-refractivity contribution is 0.0921. The Morgan fingerprint density at radius 2 is 2.12 bits per heavy atom. The highest BCUT2D eigenvalue weighted by Crippen LogP contribution is 2.36. The average Bonchev–Trinajstić information content (AvgIpc) is 2.77. The second kappa shape index (κ2) is 4.00. The first kappa shape index (κ1) is 10.5. The molecule has 2 unspecified atom stereocenters. The van der Waals surface area contributed by atoms with Crippen LogP contribution in [0.15, 0.2) is 36.5 Å². The minimum absolute atomic E-state index is 0.0681. The van der Waals surface area contributed by atoms with Gasteiger partial charge >= 0.3 is 0 Å². The molecule has 1 heterocycles. The van der Waals surface area contributed by atoms with Gasteiger partial charge in [-0.1, -0.05) is 24.3 Å². The van der Waals surface area contributed by atoms with Gasteiger partial charge in [0.15, 0.2) is 0 Å². The Bertz CT molecular complexity index is 533. The molecule has 3 nitrogen and oxygen atoms in total. The van der Waals surface area contributed by atoms with E-state index in [0.29, 0.717) is 0 Å². The van der Waals surface area contributed by atoms with E-state index in [4.69, 9.17) is 0 Å². The molecular weight excluding hydrogens is 212 g/mol. The lowest BCUT2D eigenvalue weighted by Crippen LogP contribution is -2.24. The van der Waals surface area contributed by atoms with Gasteiger partial charge in [-0.05, 0) is 37.0 Å². The van der Waals surface area contributed by atoms with E-state index in [0.717, 1.165) is 24.1 Å². The fraction of sp³-hybridized carbons (Fsp3) is 0.357. The van der Waals surface area contributed by atoms with Crippen molar-refractivity contribution >= 4 is 0 Å². The smallest absolute Gasteiger partial charge is 0.102 e. The van der Waals surface area contributed by atoms with Crippen molar-refractivity contribution in [2.24, 2.45) is 0 Å². The zero-order chi connectivity index (χ0) is 11.8. The first-order valence-electron chi connectivity index (χ1n) is 6.03. The van der Waals surface area contributed by atoms with E-state index in [1.165, 1.54) is 5.56 Å². The fourth-order valence-electron chi connectivity index (χ4n) is 2.61. The van der Waals surface area contributed by atoms with Gasteiger partial charge in [0.05, 0.1) is 11.7 Å². The van der Waals surface area contributed by atoms with Crippen LogP contribution in [-0.4, -0.2) is 14.9 Å². The van der Waals surface area contributed by atoms with Crippen LogP contribution in [0.5, 0.6) is 0 Å². The summed E-state index contributed by atoms with van der Waals surface area (Å²) in [6, 6.07) is 10.2. The maximum atomic E-state index is 10.4. The molecule has 0 bridgehead atoms. The lowest BCUT2D eigenvalue weighted by Gasteiger charge is -2.30. The monoisotopic (exact) mass is 228 g/mol. The van der Waals surface area contributed by atoms with Crippen molar-refractivity contribution in [1.82, 2.24) is 9.78 Å². The lowest BCUT2D eigenvalue weighted by atomic mass is 9.86. The summed E-state index contributed by atoms with van der Waals surface area (Å²) in [5.74, 6) is 0. The third kappa shape index (κ3) is 1.76. The van der Waals surface area contributed by atoms with Crippen LogP contribution in [-0.2, 0) is 6.42 Å². The van der Waals surface area contributed by atoms with Crippen LogP contribution in [0.1, 0.15) is 35.4 Å². The minimum Gasteiger partial charge on any atom is -0.386 e. The number of benzene rings is 1. The van der Waals surface area contributed by atoms with Gasteiger partial charge in [-0.3, -0.25) is 4.68 Å². The highest BCUT2D eigenvalue weighted by atomic mass is 16.3. The number of nitrogens with zero attached hydrogens (tertiary/aromatic N) is 2. The number of rotatable bonds is 1. The quantitative estimate of drug-likeness (QED) is 0.814. The fourth-order valence-corrected chi connectivity index (χ4v) is 2.61. The second-order valence-electron chi connectivity index (χ2n) is 4.69. The predicted octanol–water partition coefficient (Wildman–Crippen LogP) is 2.41. The third-order valence-corrected chi connectivity index (χ3v) is 3.53. The van der Waals surface area contributed by atoms with Crippen molar-refractivity contribution in [1.29, 1.82) is 0 Å². The summed E-state index contributed by atoms with van der Waals surface area (Å²) < 4.78 is 1.90. The average molecular weight is 228 g/mol. The van der Waals surface area contributed by atoms with Crippen LogP contribution < -0.4 is 0 Å². The van der Waals surface area contributed by atoms with E-state index in [-0.39, 0.29) is 6.04 Å². The Morgan fingerprint density at radius 1 is 1.29 bits per heavy atom. The molecule has 88 valence electrons. The first-order chi connectivity index (χ1) is 8.25. The van der Waals surface area contributed by atoms with Crippen LogP contribution in [0.2, 0.25) is 0 Å². The van der Waals surface area contributed by atoms with Gasteiger partial charge in [0.1, 0.15) is 6.10 Å². The Balaban J connectivity index is 1.96. The summed E-state index contributed by atoms with van der Waals surface area (Å²) in [4.78, 5) is 0. The van der Waals surface area contributed by atoms with Gasteiger partial charge in [0, 0.05) is 6.20 Å². The molecule has 0 saturated carbocycles. The zero-order valence-corrected chi connectivity index (χ0v) is 9.87. The van der Waals surface area contributed by atoms with Crippen LogP contribution in [0, 0.1) is 6.92 Å². The van der Waals surface area contributed by atoms with E-state index < -0.39 is 6.10 Å². The zero-order valence-electron chi connectivity index (χ0n) is 9.87. The molecule has 2 atom stereocenters. The van der Waals surface area contributed by atoms with E-state index in [1.807, 2.05) is 42.1 Å². The van der Waals surface area contributed by atoms with Crippen molar-refractivity contribution in [2.45, 2.75) is 31.9 Å². The largest absolute Gasteiger partial charge is 0.386 e. The first-order valence-corrected chi connectivity index (χ1v) is 6.03. The van der Waals surface area contributed by atoms with Gasteiger partial charge in [-0.25, -0.2) is 0 Å². The molecule has 17 heavy (non-hydrogen) atoms. The van der Waals surface area contributed by atoms with Gasteiger partial charge in [0.2, 0.25) is 0 Å². The van der Waals surface area contributed by atoms with Crippen LogP contribution in [0.3, 0.4) is 0 Å². The van der Waals surface area contributed by atoms with E-state index in [2.05, 4.69) is 11.2 Å². The van der Waals surface area contributed by atoms with Gasteiger partial charge in [-0.2, -0.15) is 5.10 Å².